The molecule has 1 fully saturated rings. The molecule has 4 heteroatoms. The van der Waals surface area contributed by atoms with E-state index in [4.69, 9.17) is 9.47 Å². The van der Waals surface area contributed by atoms with Gasteiger partial charge in [0.25, 0.3) is 0 Å². The average Bonchev–Trinajstić information content (AvgIpc) is 3.66. The Morgan fingerprint density at radius 3 is 2.02 bits per heavy atom. The number of unbranched alkanes of at least 4 members (excludes halogenated alkanes) is 3. The summed E-state index contributed by atoms with van der Waals surface area (Å²) in [6.45, 7) is 10.2. The van der Waals surface area contributed by atoms with Crippen LogP contribution in [-0.2, 0) is 4.74 Å². The fourth-order valence-corrected chi connectivity index (χ4v) is 17.0. The molecule has 2 aromatic carbocycles. The van der Waals surface area contributed by atoms with Crippen molar-refractivity contribution in [1.82, 2.24) is 0 Å². The largest absolute Gasteiger partial charge is 0.497 e. The van der Waals surface area contributed by atoms with Gasteiger partial charge in [-0.15, -0.1) is 0 Å². The molecule has 1 saturated carbocycles. The highest BCUT2D eigenvalue weighted by molar-refractivity contribution is 6.82. The second-order valence-corrected chi connectivity index (χ2v) is 20.4. The Kier molecular flexibility index (Phi) is 8.27. The molecule has 0 amide bonds. The standard InChI is InChI=1S/C41H53NO2Si/c1-41(2,3)44-25-15-7-8-16-26-45(6,39-32-20-12-9-17-29(32)30-18-10-13-21-33(30)39)40-34-22-14-11-19-31(34)38-37(40)35-27-28(43-5)23-24-36(35)42(38)4/h9-14,17-24,27,29-30,32-33,37-40H,7-8,15-16,25-26H2,1-6H3. The minimum atomic E-state index is -2.03. The zero-order chi connectivity index (χ0) is 31.3. The Balaban J connectivity index is 1.29. The first kappa shape index (κ1) is 30.8. The van der Waals surface area contributed by atoms with Crippen molar-refractivity contribution in [3.05, 3.63) is 108 Å². The van der Waals surface area contributed by atoms with E-state index in [1.807, 2.05) is 7.11 Å². The molecule has 238 valence electrons. The molecule has 4 aliphatic carbocycles. The summed E-state index contributed by atoms with van der Waals surface area (Å²) in [5, 5.41) is 0. The quantitative estimate of drug-likeness (QED) is 0.195. The lowest BCUT2D eigenvalue weighted by molar-refractivity contribution is -0.00471. The van der Waals surface area contributed by atoms with Crippen molar-refractivity contribution in [1.29, 1.82) is 0 Å². The van der Waals surface area contributed by atoms with Crippen LogP contribution in [0.5, 0.6) is 5.75 Å². The molecule has 0 spiro atoms. The summed E-state index contributed by atoms with van der Waals surface area (Å²) in [4.78, 5) is 2.59. The number of likely N-dealkylation sites (N-methyl/N-ethyl adjacent to an activating group) is 1. The summed E-state index contributed by atoms with van der Waals surface area (Å²) in [7, 11) is 2.12. The molecule has 8 unspecified atom stereocenters. The van der Waals surface area contributed by atoms with Crippen LogP contribution in [0.15, 0.2) is 91.1 Å². The van der Waals surface area contributed by atoms with Crippen LogP contribution in [0.2, 0.25) is 18.1 Å². The van der Waals surface area contributed by atoms with Gasteiger partial charge in [-0.1, -0.05) is 105 Å². The molecule has 45 heavy (non-hydrogen) atoms. The smallest absolute Gasteiger partial charge is 0.119 e. The third-order valence-corrected chi connectivity index (χ3v) is 17.9. The predicted molar refractivity (Wildman–Crippen MR) is 191 cm³/mol. The van der Waals surface area contributed by atoms with E-state index in [-0.39, 0.29) is 5.60 Å². The molecule has 0 radical (unpaired) electrons. The fraction of sp³-hybridized carbons (Fsp3) is 0.512. The summed E-state index contributed by atoms with van der Waals surface area (Å²) in [6, 6.07) is 18.2. The van der Waals surface area contributed by atoms with E-state index in [2.05, 4.69) is 130 Å². The fourth-order valence-electron chi connectivity index (χ4n) is 10.4. The summed E-state index contributed by atoms with van der Waals surface area (Å²) < 4.78 is 11.9. The Bertz CT molecular complexity index is 1480. The van der Waals surface area contributed by atoms with Crippen LogP contribution in [0.25, 0.3) is 0 Å². The van der Waals surface area contributed by atoms with E-state index in [1.54, 1.807) is 11.1 Å². The lowest BCUT2D eigenvalue weighted by Gasteiger charge is -2.47. The van der Waals surface area contributed by atoms with Gasteiger partial charge in [-0.05, 0) is 96.8 Å². The van der Waals surface area contributed by atoms with E-state index in [9.17, 15) is 0 Å². The molecule has 2 aromatic rings. The van der Waals surface area contributed by atoms with E-state index < -0.39 is 8.07 Å². The average molecular weight is 620 g/mol. The Morgan fingerprint density at radius 1 is 0.756 bits per heavy atom. The number of ether oxygens (including phenoxy) is 2. The van der Waals surface area contributed by atoms with Gasteiger partial charge in [0, 0.05) is 25.3 Å². The minimum absolute atomic E-state index is 0.0508. The zero-order valence-electron chi connectivity index (χ0n) is 28.3. The van der Waals surface area contributed by atoms with Crippen LogP contribution in [0.4, 0.5) is 5.69 Å². The van der Waals surface area contributed by atoms with Gasteiger partial charge < -0.3 is 14.4 Å². The molecular formula is C41H53NO2Si. The lowest BCUT2D eigenvalue weighted by atomic mass is 9.83. The number of hydrogen-bond donors (Lipinski definition) is 0. The molecule has 3 nitrogen and oxygen atoms in total. The third kappa shape index (κ3) is 5.30. The van der Waals surface area contributed by atoms with Crippen molar-refractivity contribution in [3.8, 4) is 5.75 Å². The van der Waals surface area contributed by atoms with Crippen LogP contribution < -0.4 is 9.64 Å². The maximum absolute atomic E-state index is 6.07. The molecule has 7 rings (SSSR count). The van der Waals surface area contributed by atoms with E-state index >= 15 is 0 Å². The normalized spacial score (nSPS) is 31.7. The van der Waals surface area contributed by atoms with Gasteiger partial charge in [-0.3, -0.25) is 0 Å². The second-order valence-electron chi connectivity index (χ2n) is 15.6. The lowest BCUT2D eigenvalue weighted by Crippen LogP contribution is -2.48. The Labute approximate surface area is 273 Å². The number of fused-ring (bicyclic) bond motifs is 8. The maximum Gasteiger partial charge on any atom is 0.119 e. The van der Waals surface area contributed by atoms with Crippen molar-refractivity contribution in [3.63, 3.8) is 0 Å². The van der Waals surface area contributed by atoms with Gasteiger partial charge in [-0.2, -0.15) is 0 Å². The summed E-state index contributed by atoms with van der Waals surface area (Å²) in [5.74, 6) is 3.91. The molecule has 5 aliphatic rings. The number of anilines is 1. The van der Waals surface area contributed by atoms with Crippen LogP contribution in [0.3, 0.4) is 0 Å². The topological polar surface area (TPSA) is 21.7 Å². The number of methoxy groups -OCH3 is 1. The highest BCUT2D eigenvalue weighted by Gasteiger charge is 2.62. The molecule has 0 saturated heterocycles. The molecule has 0 N–H and O–H groups in total. The number of benzene rings is 2. The van der Waals surface area contributed by atoms with Gasteiger partial charge in [0.1, 0.15) is 5.75 Å². The van der Waals surface area contributed by atoms with E-state index in [0.29, 0.717) is 46.7 Å². The van der Waals surface area contributed by atoms with Crippen LogP contribution in [0, 0.1) is 23.7 Å². The second kappa shape index (κ2) is 12.1. The predicted octanol–water partition coefficient (Wildman–Crippen LogP) is 10.2. The van der Waals surface area contributed by atoms with Crippen molar-refractivity contribution in [2.75, 3.05) is 25.7 Å². The van der Waals surface area contributed by atoms with E-state index in [0.717, 1.165) is 18.8 Å². The number of rotatable bonds is 10. The van der Waals surface area contributed by atoms with Crippen molar-refractivity contribution >= 4 is 13.8 Å². The highest BCUT2D eigenvalue weighted by Crippen LogP contribution is 2.69. The minimum Gasteiger partial charge on any atom is -0.497 e. The monoisotopic (exact) mass is 619 g/mol. The number of nitrogens with zero attached hydrogens (tertiary/aromatic N) is 1. The first-order valence-corrected chi connectivity index (χ1v) is 20.4. The number of hydrogen-bond acceptors (Lipinski definition) is 3. The molecular weight excluding hydrogens is 567 g/mol. The molecule has 1 heterocycles. The number of allylic oxidation sites excluding steroid dienone is 8. The van der Waals surface area contributed by atoms with Crippen molar-refractivity contribution in [2.24, 2.45) is 23.7 Å². The third-order valence-electron chi connectivity index (χ3n) is 12.1. The first-order valence-electron chi connectivity index (χ1n) is 17.6. The molecule has 8 atom stereocenters. The highest BCUT2D eigenvalue weighted by atomic mass is 28.3. The van der Waals surface area contributed by atoms with Crippen molar-refractivity contribution in [2.45, 2.75) is 87.7 Å². The van der Waals surface area contributed by atoms with Crippen molar-refractivity contribution < 1.29 is 9.47 Å². The van der Waals surface area contributed by atoms with Gasteiger partial charge in [0.2, 0.25) is 0 Å². The summed E-state index contributed by atoms with van der Waals surface area (Å²) >= 11 is 0. The van der Waals surface area contributed by atoms with Gasteiger partial charge in [0.05, 0.1) is 26.8 Å². The van der Waals surface area contributed by atoms with Crippen LogP contribution in [-0.4, -0.2) is 34.4 Å². The summed E-state index contributed by atoms with van der Waals surface area (Å²) in [6.07, 6.45) is 24.7. The molecule has 0 aromatic heterocycles. The molecule has 1 aliphatic heterocycles. The first-order chi connectivity index (χ1) is 21.7. The zero-order valence-corrected chi connectivity index (χ0v) is 29.3. The summed E-state index contributed by atoms with van der Waals surface area (Å²) in [5.41, 5.74) is 7.33. The van der Waals surface area contributed by atoms with Gasteiger partial charge in [0.15, 0.2) is 0 Å². The Morgan fingerprint density at radius 2 is 1.38 bits per heavy atom. The van der Waals surface area contributed by atoms with Gasteiger partial charge in [-0.25, -0.2) is 0 Å². The Hall–Kier alpha value is -2.82. The maximum atomic E-state index is 6.07. The molecule has 0 bridgehead atoms. The van der Waals surface area contributed by atoms with E-state index in [1.165, 1.54) is 36.6 Å². The van der Waals surface area contributed by atoms with Gasteiger partial charge >= 0.3 is 0 Å². The SMILES string of the molecule is COc1ccc2c(c1)C1C(c3ccccc3C1[Si](C)(CCCCCCOC(C)(C)C)C1C3C=CC=CC3C3C=CC=CC31)N2C. The van der Waals surface area contributed by atoms with Crippen LogP contribution >= 0.6 is 0 Å². The van der Waals surface area contributed by atoms with Crippen LogP contribution in [0.1, 0.15) is 80.6 Å².